The molecule has 3 nitrogen and oxygen atoms in total. The Kier molecular flexibility index (Phi) is 5.12. The Morgan fingerprint density at radius 2 is 2.05 bits per heavy atom. The van der Waals surface area contributed by atoms with Gasteiger partial charge in [-0.3, -0.25) is 0 Å². The molecule has 0 radical (unpaired) electrons. The summed E-state index contributed by atoms with van der Waals surface area (Å²) in [6.07, 6.45) is -3.78. The third-order valence-corrected chi connectivity index (χ3v) is 2.28. The minimum Gasteiger partial charge on any atom is -0.496 e. The number of halogens is 4. The zero-order valence-electron chi connectivity index (χ0n) is 10.00. The molecular formula is C12H11F4NO2. The van der Waals surface area contributed by atoms with E-state index in [1.807, 2.05) is 6.07 Å². The lowest BCUT2D eigenvalue weighted by Gasteiger charge is -2.16. The van der Waals surface area contributed by atoms with Crippen molar-refractivity contribution in [3.05, 3.63) is 29.3 Å². The fourth-order valence-electron chi connectivity index (χ4n) is 1.32. The number of alkyl halides is 4. The molecule has 0 heterocycles. The van der Waals surface area contributed by atoms with Gasteiger partial charge in [-0.2, -0.15) is 14.0 Å². The Labute approximate surface area is 107 Å². The van der Waals surface area contributed by atoms with Crippen molar-refractivity contribution < 1.29 is 27.0 Å². The van der Waals surface area contributed by atoms with Gasteiger partial charge in [-0.25, -0.2) is 8.78 Å². The number of nitriles is 1. The molecule has 0 saturated heterocycles. The van der Waals surface area contributed by atoms with E-state index in [0.29, 0.717) is 16.9 Å². The smallest absolute Gasteiger partial charge is 0.330 e. The summed E-state index contributed by atoms with van der Waals surface area (Å²) in [7, 11) is 1.36. The van der Waals surface area contributed by atoms with Crippen molar-refractivity contribution in [1.29, 1.82) is 5.26 Å². The van der Waals surface area contributed by atoms with E-state index in [0.717, 1.165) is 0 Å². The predicted octanol–water partition coefficient (Wildman–Crippen LogP) is 2.98. The van der Waals surface area contributed by atoms with Gasteiger partial charge in [-0.1, -0.05) is 0 Å². The molecule has 0 aliphatic rings. The lowest BCUT2D eigenvalue weighted by molar-refractivity contribution is -0.168. The van der Waals surface area contributed by atoms with E-state index in [4.69, 9.17) is 10.00 Å². The van der Waals surface area contributed by atoms with E-state index in [-0.39, 0.29) is 6.61 Å². The monoisotopic (exact) mass is 277 g/mol. The molecule has 0 spiro atoms. The first-order valence-electron chi connectivity index (χ1n) is 5.21. The predicted molar refractivity (Wildman–Crippen MR) is 58.3 cm³/mol. The minimum atomic E-state index is -4.19. The van der Waals surface area contributed by atoms with E-state index in [9.17, 15) is 17.6 Å². The third kappa shape index (κ3) is 4.10. The molecule has 1 aromatic rings. The SMILES string of the molecule is COc1ccc(C#N)cc1COCC(F)(F)C(F)F. The number of nitrogens with zero attached hydrogens (tertiary/aromatic N) is 1. The van der Waals surface area contributed by atoms with Crippen molar-refractivity contribution in [3.63, 3.8) is 0 Å². The zero-order valence-corrected chi connectivity index (χ0v) is 10.00. The Balaban J connectivity index is 2.70. The number of hydrogen-bond acceptors (Lipinski definition) is 3. The molecule has 0 N–H and O–H groups in total. The van der Waals surface area contributed by atoms with Gasteiger partial charge in [-0.05, 0) is 18.2 Å². The fraction of sp³-hybridized carbons (Fsp3) is 0.417. The van der Waals surface area contributed by atoms with Crippen LogP contribution < -0.4 is 4.74 Å². The summed E-state index contributed by atoms with van der Waals surface area (Å²) in [5.74, 6) is -3.86. The second-order valence-corrected chi connectivity index (χ2v) is 3.69. The molecule has 7 heteroatoms. The molecule has 0 aromatic heterocycles. The molecule has 0 atom stereocenters. The quantitative estimate of drug-likeness (QED) is 0.751. The highest BCUT2D eigenvalue weighted by atomic mass is 19.3. The standard InChI is InChI=1S/C12H11F4NO2/c1-18-10-3-2-8(5-17)4-9(10)6-19-7-12(15,16)11(13)14/h2-4,11H,6-7H2,1H3. The van der Waals surface area contributed by atoms with Crippen LogP contribution in [0.15, 0.2) is 18.2 Å². The normalized spacial score (nSPS) is 11.4. The number of rotatable bonds is 6. The summed E-state index contributed by atoms with van der Waals surface area (Å²) in [6.45, 7) is -1.74. The van der Waals surface area contributed by atoms with Crippen molar-refractivity contribution in [1.82, 2.24) is 0 Å². The molecule has 0 fully saturated rings. The Bertz CT molecular complexity index is 471. The van der Waals surface area contributed by atoms with Crippen molar-refractivity contribution >= 4 is 0 Å². The molecule has 0 unspecified atom stereocenters. The molecular weight excluding hydrogens is 266 g/mol. The number of ether oxygens (including phenoxy) is 2. The highest BCUT2D eigenvalue weighted by molar-refractivity contribution is 5.41. The summed E-state index contributed by atoms with van der Waals surface area (Å²) < 4.78 is 58.6. The number of benzene rings is 1. The van der Waals surface area contributed by atoms with Crippen LogP contribution in [0.1, 0.15) is 11.1 Å². The summed E-state index contributed by atoms with van der Waals surface area (Å²) in [4.78, 5) is 0. The average Bonchev–Trinajstić information content (AvgIpc) is 2.38. The second kappa shape index (κ2) is 6.38. The molecule has 0 amide bonds. The van der Waals surface area contributed by atoms with Gasteiger partial charge in [-0.15, -0.1) is 0 Å². The van der Waals surface area contributed by atoms with E-state index >= 15 is 0 Å². The minimum absolute atomic E-state index is 0.292. The highest BCUT2D eigenvalue weighted by Gasteiger charge is 2.40. The van der Waals surface area contributed by atoms with E-state index < -0.39 is 19.0 Å². The van der Waals surface area contributed by atoms with Gasteiger partial charge in [0.05, 0.1) is 25.3 Å². The van der Waals surface area contributed by atoms with Gasteiger partial charge in [0.25, 0.3) is 0 Å². The molecule has 19 heavy (non-hydrogen) atoms. The van der Waals surface area contributed by atoms with Crippen LogP contribution in [-0.2, 0) is 11.3 Å². The lowest BCUT2D eigenvalue weighted by Crippen LogP contribution is -2.32. The fourth-order valence-corrected chi connectivity index (χ4v) is 1.32. The average molecular weight is 277 g/mol. The maximum Gasteiger partial charge on any atom is 0.330 e. The number of hydrogen-bond donors (Lipinski definition) is 0. The zero-order chi connectivity index (χ0) is 14.5. The van der Waals surface area contributed by atoms with E-state index in [1.165, 1.54) is 25.3 Å². The first-order valence-corrected chi connectivity index (χ1v) is 5.21. The molecule has 1 aromatic carbocycles. The van der Waals surface area contributed by atoms with Crippen LogP contribution >= 0.6 is 0 Å². The number of methoxy groups -OCH3 is 1. The third-order valence-electron chi connectivity index (χ3n) is 2.28. The van der Waals surface area contributed by atoms with Gasteiger partial charge in [0.15, 0.2) is 0 Å². The largest absolute Gasteiger partial charge is 0.496 e. The summed E-state index contributed by atoms with van der Waals surface area (Å²) >= 11 is 0. The Hall–Kier alpha value is -1.81. The summed E-state index contributed by atoms with van der Waals surface area (Å²) in [5.41, 5.74) is 0.631. The van der Waals surface area contributed by atoms with Gasteiger partial charge >= 0.3 is 12.3 Å². The first kappa shape index (κ1) is 15.2. The molecule has 0 aliphatic heterocycles. The van der Waals surface area contributed by atoms with Crippen molar-refractivity contribution in [2.45, 2.75) is 19.0 Å². The van der Waals surface area contributed by atoms with Crippen LogP contribution in [0.3, 0.4) is 0 Å². The maximum atomic E-state index is 12.6. The molecule has 0 bridgehead atoms. The first-order chi connectivity index (χ1) is 8.90. The topological polar surface area (TPSA) is 42.2 Å². The van der Waals surface area contributed by atoms with E-state index in [1.54, 1.807) is 0 Å². The highest BCUT2D eigenvalue weighted by Crippen LogP contribution is 2.25. The van der Waals surface area contributed by atoms with Crippen LogP contribution in [0.5, 0.6) is 5.75 Å². The van der Waals surface area contributed by atoms with Crippen LogP contribution in [0.25, 0.3) is 0 Å². The lowest BCUT2D eigenvalue weighted by atomic mass is 10.1. The van der Waals surface area contributed by atoms with Crippen molar-refractivity contribution in [2.24, 2.45) is 0 Å². The Morgan fingerprint density at radius 3 is 2.58 bits per heavy atom. The van der Waals surface area contributed by atoms with Crippen LogP contribution in [0.2, 0.25) is 0 Å². The second-order valence-electron chi connectivity index (χ2n) is 3.69. The van der Waals surface area contributed by atoms with Crippen LogP contribution in [0.4, 0.5) is 17.6 Å². The Morgan fingerprint density at radius 1 is 1.37 bits per heavy atom. The van der Waals surface area contributed by atoms with Crippen LogP contribution in [-0.4, -0.2) is 26.1 Å². The van der Waals surface area contributed by atoms with Gasteiger partial charge in [0.2, 0.25) is 0 Å². The molecule has 104 valence electrons. The van der Waals surface area contributed by atoms with Gasteiger partial charge < -0.3 is 9.47 Å². The van der Waals surface area contributed by atoms with Crippen molar-refractivity contribution in [3.8, 4) is 11.8 Å². The van der Waals surface area contributed by atoms with Crippen LogP contribution in [0, 0.1) is 11.3 Å². The molecule has 0 aliphatic carbocycles. The van der Waals surface area contributed by atoms with Gasteiger partial charge in [0.1, 0.15) is 12.4 Å². The molecule has 1 rings (SSSR count). The van der Waals surface area contributed by atoms with Gasteiger partial charge in [0, 0.05) is 5.56 Å². The summed E-state index contributed by atoms with van der Waals surface area (Å²) in [5, 5.41) is 8.70. The summed E-state index contributed by atoms with van der Waals surface area (Å²) in [6, 6.07) is 6.21. The molecule has 0 saturated carbocycles. The maximum absolute atomic E-state index is 12.6. The van der Waals surface area contributed by atoms with Crippen molar-refractivity contribution in [2.75, 3.05) is 13.7 Å². The van der Waals surface area contributed by atoms with E-state index in [2.05, 4.69) is 4.74 Å².